The van der Waals surface area contributed by atoms with E-state index in [-0.39, 0.29) is 4.90 Å². The van der Waals surface area contributed by atoms with Crippen molar-refractivity contribution in [2.75, 3.05) is 0 Å². The van der Waals surface area contributed by atoms with Crippen LogP contribution >= 0.6 is 0 Å². The van der Waals surface area contributed by atoms with E-state index in [9.17, 15) is 8.42 Å². The van der Waals surface area contributed by atoms with Gasteiger partial charge >= 0.3 is 0 Å². The second-order valence-corrected chi connectivity index (χ2v) is 6.17. The minimum atomic E-state index is -3.55. The first-order chi connectivity index (χ1) is 9.53. The first kappa shape index (κ1) is 14.3. The molecular formula is C16H17NO2S. The summed E-state index contributed by atoms with van der Waals surface area (Å²) in [6, 6.07) is 16.2. The number of rotatable bonds is 4. The van der Waals surface area contributed by atoms with E-state index in [4.69, 9.17) is 0 Å². The van der Waals surface area contributed by atoms with E-state index in [0.29, 0.717) is 5.70 Å². The zero-order valence-corrected chi connectivity index (χ0v) is 12.3. The summed E-state index contributed by atoms with van der Waals surface area (Å²) in [5.41, 5.74) is 2.44. The zero-order chi connectivity index (χ0) is 14.6. The Labute approximate surface area is 120 Å². The van der Waals surface area contributed by atoms with Crippen LogP contribution in [0.4, 0.5) is 0 Å². The highest BCUT2D eigenvalue weighted by Gasteiger charge is 2.15. The van der Waals surface area contributed by atoms with Gasteiger partial charge in [0, 0.05) is 0 Å². The molecule has 0 heterocycles. The molecule has 0 atom stereocenters. The molecule has 104 valence electrons. The van der Waals surface area contributed by atoms with Crippen LogP contribution < -0.4 is 4.72 Å². The zero-order valence-electron chi connectivity index (χ0n) is 11.5. The van der Waals surface area contributed by atoms with Crippen molar-refractivity contribution in [1.82, 2.24) is 4.72 Å². The highest BCUT2D eigenvalue weighted by molar-refractivity contribution is 7.89. The van der Waals surface area contributed by atoms with Crippen LogP contribution in [-0.4, -0.2) is 8.42 Å². The van der Waals surface area contributed by atoms with Gasteiger partial charge in [-0.15, -0.1) is 0 Å². The molecule has 0 amide bonds. The van der Waals surface area contributed by atoms with Gasteiger partial charge in [-0.2, -0.15) is 0 Å². The lowest BCUT2D eigenvalue weighted by Gasteiger charge is -2.12. The van der Waals surface area contributed by atoms with Crippen molar-refractivity contribution in [2.45, 2.75) is 18.7 Å². The smallest absolute Gasteiger partial charge is 0.261 e. The van der Waals surface area contributed by atoms with Crippen LogP contribution in [-0.2, 0) is 10.0 Å². The predicted molar refractivity (Wildman–Crippen MR) is 81.6 cm³/mol. The first-order valence-electron chi connectivity index (χ1n) is 6.34. The van der Waals surface area contributed by atoms with Gasteiger partial charge < -0.3 is 0 Å². The van der Waals surface area contributed by atoms with Crippen LogP contribution in [0.25, 0.3) is 5.70 Å². The van der Waals surface area contributed by atoms with Crippen molar-refractivity contribution in [1.29, 1.82) is 0 Å². The molecule has 0 aliphatic carbocycles. The fourth-order valence-corrected chi connectivity index (χ4v) is 2.96. The number of hydrogen-bond donors (Lipinski definition) is 1. The van der Waals surface area contributed by atoms with Crippen LogP contribution in [0.2, 0.25) is 0 Å². The molecule has 0 spiro atoms. The molecule has 0 bridgehead atoms. The van der Waals surface area contributed by atoms with Crippen LogP contribution in [0.1, 0.15) is 18.1 Å². The Bertz CT molecular complexity index is 702. The molecule has 0 aliphatic rings. The van der Waals surface area contributed by atoms with Crippen molar-refractivity contribution in [3.8, 4) is 0 Å². The number of sulfonamides is 1. The predicted octanol–water partition coefficient (Wildman–Crippen LogP) is 3.33. The van der Waals surface area contributed by atoms with Crippen LogP contribution in [0.15, 0.2) is 65.6 Å². The van der Waals surface area contributed by atoms with Gasteiger partial charge in [0.2, 0.25) is 0 Å². The number of aryl methyl sites for hydroxylation is 1. The fraction of sp³-hybridized carbons (Fsp3) is 0.125. The van der Waals surface area contributed by atoms with E-state index in [2.05, 4.69) is 4.72 Å². The fourth-order valence-electron chi connectivity index (χ4n) is 1.82. The third-order valence-corrected chi connectivity index (χ3v) is 4.33. The van der Waals surface area contributed by atoms with Crippen LogP contribution in [0.5, 0.6) is 0 Å². The molecule has 20 heavy (non-hydrogen) atoms. The molecular weight excluding hydrogens is 270 g/mol. The molecule has 0 radical (unpaired) electrons. The largest absolute Gasteiger partial charge is 0.279 e. The molecule has 0 fully saturated rings. The van der Waals surface area contributed by atoms with Gasteiger partial charge in [-0.1, -0.05) is 54.1 Å². The normalized spacial score (nSPS) is 12.2. The Hall–Kier alpha value is -2.07. The number of hydrogen-bond acceptors (Lipinski definition) is 2. The van der Waals surface area contributed by atoms with Crippen molar-refractivity contribution in [2.24, 2.45) is 0 Å². The number of nitrogens with one attached hydrogen (secondary N) is 1. The maximum atomic E-state index is 12.3. The van der Waals surface area contributed by atoms with Crippen molar-refractivity contribution < 1.29 is 8.42 Å². The van der Waals surface area contributed by atoms with Gasteiger partial charge in [0.25, 0.3) is 10.0 Å². The van der Waals surface area contributed by atoms with E-state index in [1.807, 2.05) is 37.3 Å². The summed E-state index contributed by atoms with van der Waals surface area (Å²) in [5.74, 6) is 0. The summed E-state index contributed by atoms with van der Waals surface area (Å²) in [7, 11) is -3.55. The van der Waals surface area contributed by atoms with Gasteiger partial charge in [-0.25, -0.2) is 8.42 Å². The second kappa shape index (κ2) is 5.92. The van der Waals surface area contributed by atoms with Gasteiger partial charge in [0.05, 0.1) is 10.6 Å². The van der Waals surface area contributed by atoms with E-state index in [1.54, 1.807) is 37.3 Å². The van der Waals surface area contributed by atoms with E-state index >= 15 is 0 Å². The molecule has 0 saturated carbocycles. The van der Waals surface area contributed by atoms with Crippen molar-refractivity contribution in [3.63, 3.8) is 0 Å². The highest BCUT2D eigenvalue weighted by atomic mass is 32.2. The average Bonchev–Trinajstić information content (AvgIpc) is 2.46. The van der Waals surface area contributed by atoms with E-state index < -0.39 is 10.0 Å². The maximum absolute atomic E-state index is 12.3. The molecule has 0 aliphatic heterocycles. The highest BCUT2D eigenvalue weighted by Crippen LogP contribution is 2.16. The molecule has 2 aromatic rings. The lowest BCUT2D eigenvalue weighted by molar-refractivity contribution is 0.591. The molecule has 4 heteroatoms. The molecule has 1 N–H and O–H groups in total. The second-order valence-electron chi connectivity index (χ2n) is 4.49. The summed E-state index contributed by atoms with van der Waals surface area (Å²) < 4.78 is 27.3. The van der Waals surface area contributed by atoms with Gasteiger partial charge in [0.1, 0.15) is 0 Å². The summed E-state index contributed by atoms with van der Waals surface area (Å²) >= 11 is 0. The van der Waals surface area contributed by atoms with Gasteiger partial charge in [-0.3, -0.25) is 4.72 Å². The molecule has 3 nitrogen and oxygen atoms in total. The Morgan fingerprint density at radius 3 is 2.15 bits per heavy atom. The summed E-state index contributed by atoms with van der Waals surface area (Å²) in [5, 5.41) is 0. The van der Waals surface area contributed by atoms with Crippen molar-refractivity contribution >= 4 is 15.7 Å². The lowest BCUT2D eigenvalue weighted by atomic mass is 10.2. The molecule has 0 aromatic heterocycles. The van der Waals surface area contributed by atoms with Crippen LogP contribution in [0.3, 0.4) is 0 Å². The Balaban J connectivity index is 2.30. The molecule has 2 rings (SSSR count). The summed E-state index contributed by atoms with van der Waals surface area (Å²) in [6.45, 7) is 3.73. The quantitative estimate of drug-likeness (QED) is 0.937. The standard InChI is InChI=1S/C16H17NO2S/c1-3-16(14-7-5-4-6-8-14)17-20(18,19)15-11-9-13(2)10-12-15/h3-12,17H,1-2H3/b16-3+. The SMILES string of the molecule is C/C=C(/NS(=O)(=O)c1ccc(C)cc1)c1ccccc1. The van der Waals surface area contributed by atoms with Gasteiger partial charge in [-0.05, 0) is 31.5 Å². The lowest BCUT2D eigenvalue weighted by Crippen LogP contribution is -2.22. The topological polar surface area (TPSA) is 46.2 Å². The third-order valence-electron chi connectivity index (χ3n) is 2.95. The van der Waals surface area contributed by atoms with E-state index in [1.165, 1.54) is 0 Å². The monoisotopic (exact) mass is 287 g/mol. The van der Waals surface area contributed by atoms with E-state index in [0.717, 1.165) is 11.1 Å². The third kappa shape index (κ3) is 3.27. The maximum Gasteiger partial charge on any atom is 0.261 e. The summed E-state index contributed by atoms with van der Waals surface area (Å²) in [4.78, 5) is 0.262. The minimum Gasteiger partial charge on any atom is -0.279 e. The Morgan fingerprint density at radius 1 is 1.00 bits per heavy atom. The average molecular weight is 287 g/mol. The molecule has 2 aromatic carbocycles. The molecule has 0 saturated heterocycles. The van der Waals surface area contributed by atoms with Crippen molar-refractivity contribution in [3.05, 3.63) is 71.8 Å². The van der Waals surface area contributed by atoms with Gasteiger partial charge in [0.15, 0.2) is 0 Å². The Morgan fingerprint density at radius 2 is 1.60 bits per heavy atom. The minimum absolute atomic E-state index is 0.262. The first-order valence-corrected chi connectivity index (χ1v) is 7.82. The molecule has 0 unspecified atom stereocenters. The van der Waals surface area contributed by atoms with Crippen LogP contribution in [0, 0.1) is 6.92 Å². The summed E-state index contributed by atoms with van der Waals surface area (Å²) in [6.07, 6.45) is 1.75. The Kier molecular flexibility index (Phi) is 4.25. The number of allylic oxidation sites excluding steroid dienone is 1. The number of benzene rings is 2.